The van der Waals surface area contributed by atoms with Crippen LogP contribution in [0.5, 0.6) is 5.75 Å². The fraction of sp³-hybridized carbons (Fsp3) is 0.462. The summed E-state index contributed by atoms with van der Waals surface area (Å²) in [6.07, 6.45) is 0.707. The summed E-state index contributed by atoms with van der Waals surface area (Å²) in [4.78, 5) is 11.6. The molecule has 0 aromatic heterocycles. The van der Waals surface area contributed by atoms with E-state index in [0.717, 1.165) is 5.56 Å². The van der Waals surface area contributed by atoms with Crippen molar-refractivity contribution in [1.82, 2.24) is 0 Å². The van der Waals surface area contributed by atoms with E-state index in [1.165, 1.54) is 7.11 Å². The first kappa shape index (κ1) is 14.8. The van der Waals surface area contributed by atoms with Crippen LogP contribution in [0.15, 0.2) is 12.1 Å². The minimum atomic E-state index is -0.471. The van der Waals surface area contributed by atoms with E-state index in [0.29, 0.717) is 29.4 Å². The number of rotatable bonds is 5. The lowest BCUT2D eigenvalue weighted by Crippen LogP contribution is -2.23. The number of carbonyl (C=O) groups excluding carboxylic acids is 1. The fourth-order valence-corrected chi connectivity index (χ4v) is 1.80. The molecule has 0 amide bonds. The summed E-state index contributed by atoms with van der Waals surface area (Å²) in [5.41, 5.74) is 6.79. The number of halogens is 1. The van der Waals surface area contributed by atoms with Crippen molar-refractivity contribution in [1.29, 1.82) is 0 Å². The van der Waals surface area contributed by atoms with Gasteiger partial charge in [-0.2, -0.15) is 0 Å². The van der Waals surface area contributed by atoms with Gasteiger partial charge in [0, 0.05) is 6.04 Å². The van der Waals surface area contributed by atoms with E-state index in [1.807, 2.05) is 19.9 Å². The average Bonchev–Trinajstić information content (AvgIpc) is 2.36. The van der Waals surface area contributed by atoms with Gasteiger partial charge < -0.3 is 15.2 Å². The molecule has 1 rings (SSSR count). The molecule has 1 aromatic rings. The van der Waals surface area contributed by atoms with Crippen LogP contribution in [0.4, 0.5) is 0 Å². The molecule has 100 valence electrons. The number of methoxy groups -OCH3 is 1. The van der Waals surface area contributed by atoms with E-state index in [2.05, 4.69) is 0 Å². The van der Waals surface area contributed by atoms with E-state index >= 15 is 0 Å². The van der Waals surface area contributed by atoms with Gasteiger partial charge in [-0.25, -0.2) is 4.79 Å². The van der Waals surface area contributed by atoms with Crippen LogP contribution in [0.3, 0.4) is 0 Å². The molecule has 0 saturated heterocycles. The molecule has 0 unspecified atom stereocenters. The molecule has 0 fully saturated rings. The minimum absolute atomic E-state index is 0.0765. The fourth-order valence-electron chi connectivity index (χ4n) is 1.48. The first-order valence-electron chi connectivity index (χ1n) is 5.78. The van der Waals surface area contributed by atoms with Gasteiger partial charge in [-0.1, -0.05) is 18.5 Å². The van der Waals surface area contributed by atoms with Crippen LogP contribution in [-0.2, 0) is 11.2 Å². The Bertz CT molecular complexity index is 432. The second kappa shape index (κ2) is 6.61. The highest BCUT2D eigenvalue weighted by molar-refractivity contribution is 6.34. The second-order valence-corrected chi connectivity index (χ2v) is 4.46. The molecule has 18 heavy (non-hydrogen) atoms. The van der Waals surface area contributed by atoms with Gasteiger partial charge in [-0.15, -0.1) is 0 Å². The monoisotopic (exact) mass is 271 g/mol. The Hall–Kier alpha value is -1.26. The maximum Gasteiger partial charge on any atom is 0.339 e. The number of ether oxygens (including phenoxy) is 2. The predicted octanol–water partition coefficient (Wildman–Crippen LogP) is 2.42. The van der Waals surface area contributed by atoms with Gasteiger partial charge in [-0.05, 0) is 31.0 Å². The molecule has 0 saturated carbocycles. The summed E-state index contributed by atoms with van der Waals surface area (Å²) in [5.74, 6) is 0.106. The van der Waals surface area contributed by atoms with Gasteiger partial charge in [0.05, 0.1) is 17.7 Å². The van der Waals surface area contributed by atoms with Crippen LogP contribution in [-0.4, -0.2) is 25.7 Å². The zero-order valence-corrected chi connectivity index (χ0v) is 11.6. The van der Waals surface area contributed by atoms with Gasteiger partial charge in [0.1, 0.15) is 12.4 Å². The minimum Gasteiger partial charge on any atom is -0.492 e. The summed E-state index contributed by atoms with van der Waals surface area (Å²) in [6.45, 7) is 4.18. The van der Waals surface area contributed by atoms with Crippen LogP contribution >= 0.6 is 11.6 Å². The van der Waals surface area contributed by atoms with Gasteiger partial charge in [0.2, 0.25) is 0 Å². The van der Waals surface area contributed by atoms with Crippen LogP contribution in [0.1, 0.15) is 29.8 Å². The van der Waals surface area contributed by atoms with Crippen molar-refractivity contribution in [3.8, 4) is 5.75 Å². The molecule has 4 nitrogen and oxygen atoms in total. The number of hydrogen-bond acceptors (Lipinski definition) is 4. The molecular weight excluding hydrogens is 254 g/mol. The molecule has 5 heteroatoms. The molecule has 0 radical (unpaired) electrons. The maximum absolute atomic E-state index is 11.6. The lowest BCUT2D eigenvalue weighted by Gasteiger charge is -2.13. The Morgan fingerprint density at radius 2 is 2.17 bits per heavy atom. The summed E-state index contributed by atoms with van der Waals surface area (Å²) >= 11 is 6.14. The van der Waals surface area contributed by atoms with E-state index in [-0.39, 0.29) is 6.04 Å². The largest absolute Gasteiger partial charge is 0.492 e. The lowest BCUT2D eigenvalue weighted by atomic mass is 10.1. The molecule has 0 spiro atoms. The molecule has 1 atom stereocenters. The summed E-state index contributed by atoms with van der Waals surface area (Å²) in [7, 11) is 1.32. The van der Waals surface area contributed by atoms with E-state index in [9.17, 15) is 4.79 Å². The van der Waals surface area contributed by atoms with Crippen molar-refractivity contribution < 1.29 is 14.3 Å². The van der Waals surface area contributed by atoms with Gasteiger partial charge in [0.15, 0.2) is 0 Å². The van der Waals surface area contributed by atoms with Crippen LogP contribution < -0.4 is 10.5 Å². The molecular formula is C13H18ClNO3. The third kappa shape index (κ3) is 3.62. The number of benzene rings is 1. The second-order valence-electron chi connectivity index (χ2n) is 4.08. The molecule has 2 N–H and O–H groups in total. The number of esters is 1. The normalized spacial score (nSPS) is 12.1. The topological polar surface area (TPSA) is 61.5 Å². The molecule has 0 heterocycles. The zero-order chi connectivity index (χ0) is 13.7. The molecule has 0 aliphatic heterocycles. The van der Waals surface area contributed by atoms with Crippen molar-refractivity contribution in [3.63, 3.8) is 0 Å². The highest BCUT2D eigenvalue weighted by atomic mass is 35.5. The highest BCUT2D eigenvalue weighted by Crippen LogP contribution is 2.28. The summed E-state index contributed by atoms with van der Waals surface area (Å²) in [6, 6.07) is 3.32. The van der Waals surface area contributed by atoms with Gasteiger partial charge in [-0.3, -0.25) is 0 Å². The van der Waals surface area contributed by atoms with Crippen molar-refractivity contribution in [2.45, 2.75) is 26.3 Å². The Balaban J connectivity index is 3.09. The van der Waals surface area contributed by atoms with Crippen molar-refractivity contribution in [2.24, 2.45) is 5.73 Å². The Morgan fingerprint density at radius 1 is 1.50 bits per heavy atom. The van der Waals surface area contributed by atoms with Gasteiger partial charge in [0.25, 0.3) is 0 Å². The Kier molecular flexibility index (Phi) is 5.44. The third-order valence-electron chi connectivity index (χ3n) is 2.42. The number of nitrogens with two attached hydrogens (primary N) is 1. The molecule has 0 bridgehead atoms. The molecule has 1 aromatic carbocycles. The smallest absolute Gasteiger partial charge is 0.339 e. The first-order chi connectivity index (χ1) is 8.49. The van der Waals surface area contributed by atoms with E-state index in [4.69, 9.17) is 26.8 Å². The lowest BCUT2D eigenvalue weighted by molar-refractivity contribution is 0.0600. The average molecular weight is 272 g/mol. The Morgan fingerprint density at radius 3 is 2.67 bits per heavy atom. The van der Waals surface area contributed by atoms with E-state index < -0.39 is 5.97 Å². The number of carbonyl (C=O) groups is 1. The zero-order valence-electron chi connectivity index (χ0n) is 10.8. The van der Waals surface area contributed by atoms with Crippen molar-refractivity contribution >= 4 is 17.6 Å². The summed E-state index contributed by atoms with van der Waals surface area (Å²) < 4.78 is 10.2. The Labute approximate surface area is 112 Å². The number of aryl methyl sites for hydroxylation is 1. The van der Waals surface area contributed by atoms with E-state index in [1.54, 1.807) is 6.07 Å². The maximum atomic E-state index is 11.6. The van der Waals surface area contributed by atoms with Crippen molar-refractivity contribution in [2.75, 3.05) is 13.7 Å². The standard InChI is InChI=1S/C13H18ClNO3/c1-4-9-5-10(18-7-8(2)15)6-11(12(9)14)13(16)17-3/h5-6,8H,4,7,15H2,1-3H3/t8-/m0/s1. The first-order valence-corrected chi connectivity index (χ1v) is 6.16. The highest BCUT2D eigenvalue weighted by Gasteiger charge is 2.16. The van der Waals surface area contributed by atoms with Crippen LogP contribution in [0, 0.1) is 0 Å². The quantitative estimate of drug-likeness (QED) is 0.836. The third-order valence-corrected chi connectivity index (χ3v) is 2.87. The molecule has 0 aliphatic carbocycles. The summed E-state index contributed by atoms with van der Waals surface area (Å²) in [5, 5.41) is 0.414. The number of hydrogen-bond donors (Lipinski definition) is 1. The predicted molar refractivity (Wildman–Crippen MR) is 71.3 cm³/mol. The molecule has 0 aliphatic rings. The van der Waals surface area contributed by atoms with Crippen LogP contribution in [0.2, 0.25) is 5.02 Å². The SMILES string of the molecule is CCc1cc(OC[C@H](C)N)cc(C(=O)OC)c1Cl. The van der Waals surface area contributed by atoms with Gasteiger partial charge >= 0.3 is 5.97 Å². The van der Waals surface area contributed by atoms with Crippen LogP contribution in [0.25, 0.3) is 0 Å². The van der Waals surface area contributed by atoms with Crippen molar-refractivity contribution in [3.05, 3.63) is 28.3 Å².